The van der Waals surface area contributed by atoms with Gasteiger partial charge in [0.15, 0.2) is 6.23 Å². The minimum Gasteiger partial charge on any atom is -0.446 e. The van der Waals surface area contributed by atoms with Gasteiger partial charge in [0.2, 0.25) is 0 Å². The number of esters is 1. The van der Waals surface area contributed by atoms with E-state index in [0.717, 1.165) is 17.4 Å². The van der Waals surface area contributed by atoms with Crippen LogP contribution >= 0.6 is 15.9 Å². The maximum Gasteiger partial charge on any atom is 0.312 e. The zero-order chi connectivity index (χ0) is 14.0. The van der Waals surface area contributed by atoms with Crippen molar-refractivity contribution in [1.82, 2.24) is 5.32 Å². The second-order valence-corrected chi connectivity index (χ2v) is 6.95. The highest BCUT2D eigenvalue weighted by atomic mass is 79.9. The van der Waals surface area contributed by atoms with Crippen molar-refractivity contribution < 1.29 is 9.53 Å². The lowest BCUT2D eigenvalue weighted by Crippen LogP contribution is -2.33. The van der Waals surface area contributed by atoms with Crippen LogP contribution in [0.5, 0.6) is 0 Å². The number of halogens is 1. The Balaban J connectivity index is 1.93. The van der Waals surface area contributed by atoms with Gasteiger partial charge in [-0.25, -0.2) is 0 Å². The predicted molar refractivity (Wildman–Crippen MR) is 78.8 cm³/mol. The van der Waals surface area contributed by atoms with E-state index >= 15 is 0 Å². The van der Waals surface area contributed by atoms with E-state index in [4.69, 9.17) is 4.74 Å². The van der Waals surface area contributed by atoms with E-state index in [2.05, 4.69) is 33.4 Å². The molecule has 2 unspecified atom stereocenters. The zero-order valence-electron chi connectivity index (χ0n) is 11.6. The fraction of sp³-hybridized carbons (Fsp3) is 0.533. The van der Waals surface area contributed by atoms with Gasteiger partial charge in [0.05, 0.1) is 5.41 Å². The van der Waals surface area contributed by atoms with Crippen LogP contribution in [0.1, 0.15) is 38.7 Å². The number of benzene rings is 1. The first-order chi connectivity index (χ1) is 8.86. The molecule has 1 saturated heterocycles. The number of hydrogen-bond acceptors (Lipinski definition) is 3. The van der Waals surface area contributed by atoms with E-state index in [-0.39, 0.29) is 12.2 Å². The molecule has 0 spiro atoms. The molecule has 4 heteroatoms. The highest BCUT2D eigenvalue weighted by molar-refractivity contribution is 9.10. The topological polar surface area (TPSA) is 38.3 Å². The Morgan fingerprint density at radius 2 is 1.95 bits per heavy atom. The van der Waals surface area contributed by atoms with Gasteiger partial charge in [-0.1, -0.05) is 28.1 Å². The Morgan fingerprint density at radius 1 is 1.32 bits per heavy atom. The zero-order valence-corrected chi connectivity index (χ0v) is 13.2. The summed E-state index contributed by atoms with van der Waals surface area (Å²) in [5.41, 5.74) is 0.835. The molecule has 2 rings (SSSR count). The van der Waals surface area contributed by atoms with Gasteiger partial charge in [-0.3, -0.25) is 10.1 Å². The van der Waals surface area contributed by atoms with E-state index in [0.29, 0.717) is 5.92 Å². The predicted octanol–water partition coefficient (Wildman–Crippen LogP) is 3.44. The van der Waals surface area contributed by atoms with Crippen molar-refractivity contribution >= 4 is 21.9 Å². The number of carbonyl (C=O) groups excluding carboxylic acids is 1. The SMILES string of the molecule is CC(C)(C)C(=O)OC1CC(c2ccc(Br)cc2)CN1. The summed E-state index contributed by atoms with van der Waals surface area (Å²) in [6.07, 6.45) is 0.670. The van der Waals surface area contributed by atoms with Crippen molar-refractivity contribution in [2.45, 2.75) is 39.3 Å². The summed E-state index contributed by atoms with van der Waals surface area (Å²) < 4.78 is 6.57. The molecule has 0 aromatic heterocycles. The molecule has 1 aliphatic heterocycles. The largest absolute Gasteiger partial charge is 0.446 e. The molecule has 1 aromatic rings. The van der Waals surface area contributed by atoms with Crippen molar-refractivity contribution in [2.24, 2.45) is 5.41 Å². The van der Waals surface area contributed by atoms with Crippen LogP contribution in [-0.2, 0) is 9.53 Å². The van der Waals surface area contributed by atoms with Crippen LogP contribution in [0.3, 0.4) is 0 Å². The average molecular weight is 326 g/mol. The molecule has 1 N–H and O–H groups in total. The van der Waals surface area contributed by atoms with Crippen LogP contribution < -0.4 is 5.32 Å². The van der Waals surface area contributed by atoms with E-state index in [1.165, 1.54) is 5.56 Å². The Bertz CT molecular complexity index is 450. The summed E-state index contributed by atoms with van der Waals surface area (Å²) in [5, 5.41) is 3.27. The van der Waals surface area contributed by atoms with Crippen molar-refractivity contribution in [3.8, 4) is 0 Å². The number of ether oxygens (including phenoxy) is 1. The van der Waals surface area contributed by atoms with Gasteiger partial charge in [0.25, 0.3) is 0 Å². The van der Waals surface area contributed by atoms with Crippen molar-refractivity contribution in [2.75, 3.05) is 6.54 Å². The van der Waals surface area contributed by atoms with Crippen molar-refractivity contribution in [1.29, 1.82) is 0 Å². The molecule has 0 aliphatic carbocycles. The third-order valence-electron chi connectivity index (χ3n) is 3.29. The van der Waals surface area contributed by atoms with Gasteiger partial charge in [0, 0.05) is 23.4 Å². The summed E-state index contributed by atoms with van der Waals surface area (Å²) >= 11 is 3.44. The Hall–Kier alpha value is -0.870. The normalized spacial score (nSPS) is 23.4. The average Bonchev–Trinajstić information content (AvgIpc) is 2.77. The molecule has 3 nitrogen and oxygen atoms in total. The highest BCUT2D eigenvalue weighted by Crippen LogP contribution is 2.28. The van der Waals surface area contributed by atoms with Crippen LogP contribution in [0.2, 0.25) is 0 Å². The molecule has 0 saturated carbocycles. The van der Waals surface area contributed by atoms with Crippen LogP contribution in [0, 0.1) is 5.41 Å². The lowest BCUT2D eigenvalue weighted by Gasteiger charge is -2.20. The number of hydrogen-bond donors (Lipinski definition) is 1. The Labute approximate surface area is 122 Å². The molecule has 1 aliphatic rings. The minimum absolute atomic E-state index is 0.151. The molecule has 1 fully saturated rings. The maximum atomic E-state index is 11.8. The molecular formula is C15H20BrNO2. The Morgan fingerprint density at radius 3 is 2.53 bits per heavy atom. The monoisotopic (exact) mass is 325 g/mol. The summed E-state index contributed by atoms with van der Waals surface area (Å²) in [7, 11) is 0. The van der Waals surface area contributed by atoms with Gasteiger partial charge in [-0.15, -0.1) is 0 Å². The molecule has 104 valence electrons. The number of carbonyl (C=O) groups is 1. The molecule has 0 radical (unpaired) electrons. The fourth-order valence-corrected chi connectivity index (χ4v) is 2.35. The number of rotatable bonds is 2. The first kappa shape index (κ1) is 14.5. The van der Waals surface area contributed by atoms with E-state index in [9.17, 15) is 4.79 Å². The molecule has 1 aromatic carbocycles. The minimum atomic E-state index is -0.447. The smallest absolute Gasteiger partial charge is 0.312 e. The Kier molecular flexibility index (Phi) is 4.31. The van der Waals surface area contributed by atoms with Gasteiger partial charge in [-0.2, -0.15) is 0 Å². The second-order valence-electron chi connectivity index (χ2n) is 6.04. The van der Waals surface area contributed by atoms with Crippen molar-refractivity contribution in [3.05, 3.63) is 34.3 Å². The van der Waals surface area contributed by atoms with Crippen LogP contribution in [-0.4, -0.2) is 18.7 Å². The standard InChI is InChI=1S/C15H20BrNO2/c1-15(2,3)14(18)19-13-8-11(9-17-13)10-4-6-12(16)7-5-10/h4-7,11,13,17H,8-9H2,1-3H3. The molecule has 0 bridgehead atoms. The second kappa shape index (κ2) is 5.63. The maximum absolute atomic E-state index is 11.8. The van der Waals surface area contributed by atoms with Crippen LogP contribution in [0.15, 0.2) is 28.7 Å². The number of nitrogens with one attached hydrogen (secondary N) is 1. The molecule has 19 heavy (non-hydrogen) atoms. The van der Waals surface area contributed by atoms with Crippen molar-refractivity contribution in [3.63, 3.8) is 0 Å². The van der Waals surface area contributed by atoms with E-state index < -0.39 is 5.41 Å². The summed E-state index contributed by atoms with van der Waals surface area (Å²) in [6.45, 7) is 6.47. The summed E-state index contributed by atoms with van der Waals surface area (Å²) in [6, 6.07) is 8.32. The quantitative estimate of drug-likeness (QED) is 0.846. The molecule has 0 amide bonds. The lowest BCUT2D eigenvalue weighted by atomic mass is 9.97. The lowest BCUT2D eigenvalue weighted by molar-refractivity contribution is -0.159. The van der Waals surface area contributed by atoms with Gasteiger partial charge < -0.3 is 4.74 Å². The molecule has 1 heterocycles. The summed E-state index contributed by atoms with van der Waals surface area (Å²) in [4.78, 5) is 11.8. The van der Waals surface area contributed by atoms with E-state index in [1.54, 1.807) is 0 Å². The molecular weight excluding hydrogens is 306 g/mol. The van der Waals surface area contributed by atoms with Gasteiger partial charge >= 0.3 is 5.97 Å². The van der Waals surface area contributed by atoms with Gasteiger partial charge in [-0.05, 0) is 38.5 Å². The third-order valence-corrected chi connectivity index (χ3v) is 3.82. The first-order valence-electron chi connectivity index (χ1n) is 6.56. The third kappa shape index (κ3) is 3.80. The van der Waals surface area contributed by atoms with Gasteiger partial charge in [0.1, 0.15) is 0 Å². The highest BCUT2D eigenvalue weighted by Gasteiger charge is 2.31. The molecule has 2 atom stereocenters. The van der Waals surface area contributed by atoms with Crippen LogP contribution in [0.4, 0.5) is 0 Å². The summed E-state index contributed by atoms with van der Waals surface area (Å²) in [5.74, 6) is 0.257. The van der Waals surface area contributed by atoms with E-state index in [1.807, 2.05) is 32.9 Å². The van der Waals surface area contributed by atoms with Crippen LogP contribution in [0.25, 0.3) is 0 Å². The fourth-order valence-electron chi connectivity index (χ4n) is 2.08. The first-order valence-corrected chi connectivity index (χ1v) is 7.35.